The Morgan fingerprint density at radius 2 is 2.18 bits per heavy atom. The molecule has 3 rings (SSSR count). The smallest absolute Gasteiger partial charge is 0.251 e. The minimum atomic E-state index is -0.0847. The predicted molar refractivity (Wildman–Crippen MR) is 87.9 cm³/mol. The van der Waals surface area contributed by atoms with E-state index in [1.165, 1.54) is 6.42 Å². The zero-order valence-electron chi connectivity index (χ0n) is 13.0. The molecule has 2 heterocycles. The second-order valence-electron chi connectivity index (χ2n) is 6.30. The van der Waals surface area contributed by atoms with Gasteiger partial charge in [-0.2, -0.15) is 0 Å². The fourth-order valence-corrected chi connectivity index (χ4v) is 3.19. The predicted octanol–water partition coefficient (Wildman–Crippen LogP) is 2.72. The van der Waals surface area contributed by atoms with E-state index >= 15 is 0 Å². The molecule has 0 spiro atoms. The fraction of sp³-hybridized carbons (Fsp3) is 0.444. The summed E-state index contributed by atoms with van der Waals surface area (Å²) in [4.78, 5) is 29.2. The highest BCUT2D eigenvalue weighted by atomic mass is 16.2. The third kappa shape index (κ3) is 3.21. The van der Waals surface area contributed by atoms with Crippen LogP contribution >= 0.6 is 0 Å². The minimum Gasteiger partial charge on any atom is -0.342 e. The van der Waals surface area contributed by atoms with Gasteiger partial charge in [0.1, 0.15) is 0 Å². The van der Waals surface area contributed by atoms with E-state index < -0.39 is 0 Å². The van der Waals surface area contributed by atoms with Crippen molar-refractivity contribution in [2.24, 2.45) is 5.92 Å². The van der Waals surface area contributed by atoms with Crippen molar-refractivity contribution in [3.63, 3.8) is 0 Å². The molecule has 1 aliphatic rings. The van der Waals surface area contributed by atoms with Gasteiger partial charge < -0.3 is 9.88 Å². The van der Waals surface area contributed by atoms with Crippen LogP contribution in [0.15, 0.2) is 35.1 Å². The number of aryl methyl sites for hydroxylation is 1. The van der Waals surface area contributed by atoms with Gasteiger partial charge in [0.15, 0.2) is 0 Å². The number of para-hydroxylation sites is 1. The number of fused-ring (bicyclic) bond motifs is 1. The molecule has 22 heavy (non-hydrogen) atoms. The van der Waals surface area contributed by atoms with Gasteiger partial charge in [0.05, 0.1) is 0 Å². The Balaban J connectivity index is 1.69. The second-order valence-corrected chi connectivity index (χ2v) is 6.30. The summed E-state index contributed by atoms with van der Waals surface area (Å²) in [7, 11) is 0. The molecule has 0 saturated carbocycles. The maximum absolute atomic E-state index is 12.3. The number of H-pyrrole nitrogens is 1. The molecule has 0 bridgehead atoms. The van der Waals surface area contributed by atoms with E-state index in [2.05, 4.69) is 11.9 Å². The van der Waals surface area contributed by atoms with E-state index in [0.717, 1.165) is 30.4 Å². The molecule has 4 heteroatoms. The third-order valence-electron chi connectivity index (χ3n) is 4.45. The number of rotatable bonds is 3. The number of aromatic nitrogens is 1. The average Bonchev–Trinajstić information content (AvgIpc) is 2.52. The first kappa shape index (κ1) is 14.8. The molecule has 1 aromatic heterocycles. The normalized spacial score (nSPS) is 18.6. The molecular formula is C18H22N2O2. The Hall–Kier alpha value is -2.10. The Morgan fingerprint density at radius 3 is 3.00 bits per heavy atom. The van der Waals surface area contributed by atoms with E-state index in [1.54, 1.807) is 0 Å². The Labute approximate surface area is 130 Å². The first-order valence-corrected chi connectivity index (χ1v) is 8.02. The molecule has 116 valence electrons. The summed E-state index contributed by atoms with van der Waals surface area (Å²) >= 11 is 0. The SMILES string of the molecule is CC1CCCN(C(=O)CCc2cc3ccccc3[nH]c2=O)C1. The second kappa shape index (κ2) is 6.34. The van der Waals surface area contributed by atoms with Crippen molar-refractivity contribution in [1.82, 2.24) is 9.88 Å². The van der Waals surface area contributed by atoms with Gasteiger partial charge in [-0.15, -0.1) is 0 Å². The molecule has 1 amide bonds. The quantitative estimate of drug-likeness (QED) is 0.947. The molecule has 1 aromatic carbocycles. The van der Waals surface area contributed by atoms with Crippen molar-refractivity contribution in [2.75, 3.05) is 13.1 Å². The monoisotopic (exact) mass is 298 g/mol. The van der Waals surface area contributed by atoms with Gasteiger partial charge in [0.25, 0.3) is 5.56 Å². The van der Waals surface area contributed by atoms with Crippen molar-refractivity contribution in [3.8, 4) is 0 Å². The van der Waals surface area contributed by atoms with Gasteiger partial charge in [0.2, 0.25) is 5.91 Å². The number of piperidine rings is 1. The third-order valence-corrected chi connectivity index (χ3v) is 4.45. The van der Waals surface area contributed by atoms with Crippen molar-refractivity contribution in [2.45, 2.75) is 32.6 Å². The van der Waals surface area contributed by atoms with Crippen molar-refractivity contribution in [1.29, 1.82) is 0 Å². The van der Waals surface area contributed by atoms with Crippen LogP contribution in [0, 0.1) is 5.92 Å². The molecule has 1 saturated heterocycles. The Bertz CT molecular complexity index is 735. The number of amides is 1. The number of benzene rings is 1. The molecule has 1 N–H and O–H groups in total. The van der Waals surface area contributed by atoms with Crippen LogP contribution in [-0.4, -0.2) is 28.9 Å². The van der Waals surface area contributed by atoms with Crippen LogP contribution in [0.4, 0.5) is 0 Å². The van der Waals surface area contributed by atoms with Gasteiger partial charge in [-0.1, -0.05) is 25.1 Å². The number of hydrogen-bond donors (Lipinski definition) is 1. The van der Waals surface area contributed by atoms with Crippen LogP contribution in [0.25, 0.3) is 10.9 Å². The lowest BCUT2D eigenvalue weighted by atomic mass is 9.99. The van der Waals surface area contributed by atoms with Crippen molar-refractivity contribution >= 4 is 16.8 Å². The van der Waals surface area contributed by atoms with Crippen molar-refractivity contribution < 1.29 is 4.79 Å². The molecular weight excluding hydrogens is 276 g/mol. The lowest BCUT2D eigenvalue weighted by Crippen LogP contribution is -2.39. The molecule has 2 aromatic rings. The zero-order valence-corrected chi connectivity index (χ0v) is 13.0. The van der Waals surface area contributed by atoms with Gasteiger partial charge in [-0.3, -0.25) is 9.59 Å². The topological polar surface area (TPSA) is 53.2 Å². The van der Waals surface area contributed by atoms with Crippen LogP contribution in [0.1, 0.15) is 31.7 Å². The van der Waals surface area contributed by atoms with E-state index in [9.17, 15) is 9.59 Å². The summed E-state index contributed by atoms with van der Waals surface area (Å²) in [5.74, 6) is 0.751. The fourth-order valence-electron chi connectivity index (χ4n) is 3.19. The first-order valence-electron chi connectivity index (χ1n) is 8.02. The summed E-state index contributed by atoms with van der Waals surface area (Å²) in [5.41, 5.74) is 1.45. The number of aromatic amines is 1. The minimum absolute atomic E-state index is 0.0847. The van der Waals surface area contributed by atoms with Gasteiger partial charge in [-0.05, 0) is 42.7 Å². The highest BCUT2D eigenvalue weighted by molar-refractivity contribution is 5.79. The molecule has 1 aliphatic heterocycles. The van der Waals surface area contributed by atoms with Crippen LogP contribution < -0.4 is 5.56 Å². The summed E-state index contributed by atoms with van der Waals surface area (Å²) in [6.07, 6.45) is 3.20. The van der Waals surface area contributed by atoms with E-state index in [0.29, 0.717) is 24.3 Å². The number of carbonyl (C=O) groups excluding carboxylic acids is 1. The summed E-state index contributed by atoms with van der Waals surface area (Å²) in [5, 5.41) is 1.01. The number of pyridine rings is 1. The van der Waals surface area contributed by atoms with E-state index in [4.69, 9.17) is 0 Å². The summed E-state index contributed by atoms with van der Waals surface area (Å²) in [6, 6.07) is 9.62. The Morgan fingerprint density at radius 1 is 1.36 bits per heavy atom. The highest BCUT2D eigenvalue weighted by Gasteiger charge is 2.20. The zero-order chi connectivity index (χ0) is 15.5. The van der Waals surface area contributed by atoms with Crippen LogP contribution in [-0.2, 0) is 11.2 Å². The van der Waals surface area contributed by atoms with Crippen molar-refractivity contribution in [3.05, 3.63) is 46.2 Å². The number of nitrogens with one attached hydrogen (secondary N) is 1. The van der Waals surface area contributed by atoms with E-state index in [-0.39, 0.29) is 11.5 Å². The summed E-state index contributed by atoms with van der Waals surface area (Å²) < 4.78 is 0. The first-order chi connectivity index (χ1) is 10.6. The molecule has 1 atom stereocenters. The van der Waals surface area contributed by atoms with Crippen LogP contribution in [0.5, 0.6) is 0 Å². The van der Waals surface area contributed by atoms with Crippen LogP contribution in [0.2, 0.25) is 0 Å². The van der Waals surface area contributed by atoms with Gasteiger partial charge in [0, 0.05) is 30.6 Å². The van der Waals surface area contributed by atoms with Gasteiger partial charge in [-0.25, -0.2) is 0 Å². The number of nitrogens with zero attached hydrogens (tertiary/aromatic N) is 1. The Kier molecular flexibility index (Phi) is 4.27. The standard InChI is InChI=1S/C18H22N2O2/c1-13-5-4-10-20(12-13)17(21)9-8-15-11-14-6-2-3-7-16(14)19-18(15)22/h2-3,6-7,11,13H,4-5,8-10,12H2,1H3,(H,19,22). The largest absolute Gasteiger partial charge is 0.342 e. The molecule has 0 radical (unpaired) electrons. The lowest BCUT2D eigenvalue weighted by molar-refractivity contribution is -0.132. The molecule has 0 aliphatic carbocycles. The molecule has 1 fully saturated rings. The average molecular weight is 298 g/mol. The number of hydrogen-bond acceptors (Lipinski definition) is 2. The van der Waals surface area contributed by atoms with Gasteiger partial charge >= 0.3 is 0 Å². The maximum Gasteiger partial charge on any atom is 0.251 e. The number of carbonyl (C=O) groups is 1. The molecule has 1 unspecified atom stereocenters. The molecule has 4 nitrogen and oxygen atoms in total. The van der Waals surface area contributed by atoms with Crippen LogP contribution in [0.3, 0.4) is 0 Å². The number of likely N-dealkylation sites (tertiary alicyclic amines) is 1. The highest BCUT2D eigenvalue weighted by Crippen LogP contribution is 2.17. The maximum atomic E-state index is 12.3. The van der Waals surface area contributed by atoms with E-state index in [1.807, 2.05) is 35.2 Å². The lowest BCUT2D eigenvalue weighted by Gasteiger charge is -2.31. The summed E-state index contributed by atoms with van der Waals surface area (Å²) in [6.45, 7) is 3.90.